The van der Waals surface area contributed by atoms with Crippen LogP contribution in [0.2, 0.25) is 5.02 Å². The number of aryl methyl sites for hydroxylation is 1. The molecule has 2 saturated heterocycles. The second-order valence-corrected chi connectivity index (χ2v) is 13.5. The molecule has 0 spiro atoms. The highest BCUT2D eigenvalue weighted by atomic mass is 35.5. The molecule has 2 N–H and O–H groups in total. The number of fused-ring (bicyclic) bond motifs is 1. The number of aromatic nitrogens is 1. The highest BCUT2D eigenvalue weighted by Crippen LogP contribution is 2.42. The Labute approximate surface area is 295 Å². The molecule has 4 heterocycles. The van der Waals surface area contributed by atoms with Crippen LogP contribution in [0.4, 0.5) is 0 Å². The summed E-state index contributed by atoms with van der Waals surface area (Å²) in [6, 6.07) is 7.68. The van der Waals surface area contributed by atoms with E-state index in [1.165, 1.54) is 16.2 Å². The van der Waals surface area contributed by atoms with Gasteiger partial charge in [0.1, 0.15) is 11.9 Å². The Morgan fingerprint density at radius 2 is 1.55 bits per heavy atom. The third kappa shape index (κ3) is 10.4. The van der Waals surface area contributed by atoms with Gasteiger partial charge in [-0.1, -0.05) is 11.6 Å². The SMILES string of the molecule is Cc1cc(Cl)cc(-c2ccnc3cc(CN4C(=O)CCC4=O)sc23)c1OC1CCN(C(=O)CCOCCOCCOCCOCCN)CC1. The van der Waals surface area contributed by atoms with Crippen molar-refractivity contribution in [1.82, 2.24) is 14.8 Å². The molecule has 12 nitrogen and oxygen atoms in total. The predicted octanol–water partition coefficient (Wildman–Crippen LogP) is 4.36. The Kier molecular flexibility index (Phi) is 14.2. The van der Waals surface area contributed by atoms with E-state index < -0.39 is 0 Å². The van der Waals surface area contributed by atoms with Crippen LogP contribution in [0.25, 0.3) is 21.3 Å². The minimum atomic E-state index is -0.140. The zero-order valence-electron chi connectivity index (χ0n) is 28.0. The van der Waals surface area contributed by atoms with Crippen LogP contribution in [0, 0.1) is 6.92 Å². The molecule has 49 heavy (non-hydrogen) atoms. The Balaban J connectivity index is 1.09. The maximum Gasteiger partial charge on any atom is 0.230 e. The molecule has 266 valence electrons. The van der Waals surface area contributed by atoms with E-state index >= 15 is 0 Å². The van der Waals surface area contributed by atoms with Crippen LogP contribution in [0.1, 0.15) is 42.5 Å². The first-order valence-corrected chi connectivity index (χ1v) is 18.0. The van der Waals surface area contributed by atoms with Gasteiger partial charge in [0.05, 0.1) is 76.0 Å². The lowest BCUT2D eigenvalue weighted by atomic mass is 10.0. The number of imide groups is 1. The van der Waals surface area contributed by atoms with Gasteiger partial charge in [-0.2, -0.15) is 0 Å². The lowest BCUT2D eigenvalue weighted by molar-refractivity contribution is -0.139. The van der Waals surface area contributed by atoms with Crippen LogP contribution in [0.5, 0.6) is 5.75 Å². The number of ether oxygens (including phenoxy) is 5. The average molecular weight is 717 g/mol. The number of nitrogens with two attached hydrogens (primary N) is 1. The summed E-state index contributed by atoms with van der Waals surface area (Å²) in [7, 11) is 0. The molecule has 2 aromatic heterocycles. The fourth-order valence-corrected chi connectivity index (χ4v) is 7.27. The lowest BCUT2D eigenvalue weighted by Crippen LogP contribution is -2.42. The van der Waals surface area contributed by atoms with Crippen LogP contribution < -0.4 is 10.5 Å². The quantitative estimate of drug-likeness (QED) is 0.141. The number of thiophene rings is 1. The van der Waals surface area contributed by atoms with Crippen molar-refractivity contribution in [1.29, 1.82) is 0 Å². The van der Waals surface area contributed by atoms with Crippen molar-refractivity contribution in [3.8, 4) is 16.9 Å². The fourth-order valence-electron chi connectivity index (χ4n) is 5.87. The van der Waals surface area contributed by atoms with Crippen LogP contribution >= 0.6 is 22.9 Å². The normalized spacial score (nSPS) is 15.6. The summed E-state index contributed by atoms with van der Waals surface area (Å²) in [6.45, 7) is 7.65. The van der Waals surface area contributed by atoms with Crippen LogP contribution in [-0.2, 0) is 39.9 Å². The molecule has 0 aliphatic carbocycles. The Morgan fingerprint density at radius 1 is 0.918 bits per heavy atom. The Morgan fingerprint density at radius 3 is 2.20 bits per heavy atom. The minimum Gasteiger partial charge on any atom is -0.489 e. The Hall–Kier alpha value is -3.17. The zero-order chi connectivity index (χ0) is 34.6. The van der Waals surface area contributed by atoms with Gasteiger partial charge in [-0.3, -0.25) is 24.3 Å². The number of rotatable bonds is 19. The number of piperidine rings is 1. The van der Waals surface area contributed by atoms with Crippen LogP contribution in [0.15, 0.2) is 30.5 Å². The molecule has 0 atom stereocenters. The number of carbonyl (C=O) groups excluding carboxylic acids is 3. The zero-order valence-corrected chi connectivity index (χ0v) is 29.5. The minimum absolute atomic E-state index is 0.0676. The van der Waals surface area contributed by atoms with E-state index in [-0.39, 0.29) is 43.2 Å². The molecule has 3 amide bonds. The van der Waals surface area contributed by atoms with Gasteiger partial charge in [0.25, 0.3) is 0 Å². The molecule has 2 fully saturated rings. The number of likely N-dealkylation sites (tertiary alicyclic amines) is 2. The predicted molar refractivity (Wildman–Crippen MR) is 187 cm³/mol. The number of halogens is 1. The van der Waals surface area contributed by atoms with E-state index in [4.69, 9.17) is 41.0 Å². The van der Waals surface area contributed by atoms with Crippen molar-refractivity contribution in [3.05, 3.63) is 45.9 Å². The summed E-state index contributed by atoms with van der Waals surface area (Å²) < 4.78 is 29.3. The third-order valence-electron chi connectivity index (χ3n) is 8.38. The van der Waals surface area contributed by atoms with Gasteiger partial charge in [-0.05, 0) is 36.8 Å². The molecule has 2 aliphatic heterocycles. The van der Waals surface area contributed by atoms with E-state index in [1.807, 2.05) is 36.1 Å². The van der Waals surface area contributed by atoms with Crippen molar-refractivity contribution < 1.29 is 38.1 Å². The van der Waals surface area contributed by atoms with E-state index in [0.29, 0.717) is 96.8 Å². The number of hydrogen-bond acceptors (Lipinski definition) is 11. The number of benzene rings is 1. The standard InChI is InChI=1S/C35H45ClN4O8S/c1-24-20-25(36)21-29(28-4-9-38-30-22-27(49-35(28)30)23-40-32(42)2-3-33(40)43)34(24)48-26-5-10-39(11-6-26)31(41)7-12-44-14-16-46-18-19-47-17-15-45-13-8-37/h4,9,20-22,26H,2-3,5-8,10-19,23,37H2,1H3. The third-order valence-corrected chi connectivity index (χ3v) is 9.74. The van der Waals surface area contributed by atoms with E-state index in [9.17, 15) is 14.4 Å². The van der Waals surface area contributed by atoms with Gasteiger partial charge >= 0.3 is 0 Å². The molecule has 5 rings (SSSR count). The van der Waals surface area contributed by atoms with Crippen LogP contribution in [-0.4, -0.2) is 111 Å². The number of amides is 3. The molecule has 2 aliphatic rings. The molecule has 0 unspecified atom stereocenters. The topological polar surface area (TPSA) is 143 Å². The van der Waals surface area contributed by atoms with Gasteiger partial charge in [0, 0.05) is 72.5 Å². The van der Waals surface area contributed by atoms with Crippen molar-refractivity contribution in [2.75, 3.05) is 72.5 Å². The summed E-state index contributed by atoms with van der Waals surface area (Å²) in [6.07, 6.45) is 3.93. The molecular weight excluding hydrogens is 672 g/mol. The fraction of sp³-hybridized carbons (Fsp3) is 0.543. The maximum absolute atomic E-state index is 12.8. The molecule has 0 saturated carbocycles. The molecule has 1 aromatic carbocycles. The summed E-state index contributed by atoms with van der Waals surface area (Å²) in [5.74, 6) is 0.537. The van der Waals surface area contributed by atoms with E-state index in [1.54, 1.807) is 6.20 Å². The highest BCUT2D eigenvalue weighted by Gasteiger charge is 2.30. The van der Waals surface area contributed by atoms with Gasteiger partial charge in [-0.15, -0.1) is 11.3 Å². The number of nitrogens with zero attached hydrogens (tertiary/aromatic N) is 3. The second-order valence-electron chi connectivity index (χ2n) is 11.9. The number of carbonyl (C=O) groups is 3. The average Bonchev–Trinajstić information content (AvgIpc) is 3.66. The van der Waals surface area contributed by atoms with Crippen molar-refractivity contribution in [2.24, 2.45) is 5.73 Å². The summed E-state index contributed by atoms with van der Waals surface area (Å²) in [5.41, 5.74) is 8.85. The van der Waals surface area contributed by atoms with Crippen LogP contribution in [0.3, 0.4) is 0 Å². The van der Waals surface area contributed by atoms with Crippen molar-refractivity contribution >= 4 is 50.9 Å². The number of hydrogen-bond donors (Lipinski definition) is 1. The maximum atomic E-state index is 12.8. The van der Waals surface area contributed by atoms with Gasteiger partial charge in [0.2, 0.25) is 17.7 Å². The van der Waals surface area contributed by atoms with Crippen molar-refractivity contribution in [3.63, 3.8) is 0 Å². The monoisotopic (exact) mass is 716 g/mol. The first kappa shape index (κ1) is 37.1. The smallest absolute Gasteiger partial charge is 0.230 e. The van der Waals surface area contributed by atoms with Gasteiger partial charge in [0.15, 0.2) is 0 Å². The van der Waals surface area contributed by atoms with Crippen molar-refractivity contribution in [2.45, 2.75) is 51.7 Å². The largest absolute Gasteiger partial charge is 0.489 e. The first-order chi connectivity index (χ1) is 23.8. The summed E-state index contributed by atoms with van der Waals surface area (Å²) in [4.78, 5) is 45.9. The summed E-state index contributed by atoms with van der Waals surface area (Å²) >= 11 is 8.08. The van der Waals surface area contributed by atoms with E-state index in [2.05, 4.69) is 4.98 Å². The number of pyridine rings is 1. The first-order valence-electron chi connectivity index (χ1n) is 16.8. The van der Waals surface area contributed by atoms with Gasteiger partial charge in [-0.25, -0.2) is 0 Å². The molecule has 0 bridgehead atoms. The molecule has 3 aromatic rings. The van der Waals surface area contributed by atoms with E-state index in [0.717, 1.165) is 37.5 Å². The molecular formula is C35H45ClN4O8S. The lowest BCUT2D eigenvalue weighted by Gasteiger charge is -2.33. The Bertz CT molecular complexity index is 1560. The molecule has 0 radical (unpaired) electrons. The van der Waals surface area contributed by atoms with Gasteiger partial charge < -0.3 is 34.3 Å². The highest BCUT2D eigenvalue weighted by molar-refractivity contribution is 7.19. The summed E-state index contributed by atoms with van der Waals surface area (Å²) in [5, 5.41) is 0.596. The second kappa shape index (κ2) is 18.7. The molecule has 14 heteroatoms.